The summed E-state index contributed by atoms with van der Waals surface area (Å²) in [5.41, 5.74) is 4.83. The summed E-state index contributed by atoms with van der Waals surface area (Å²) in [6, 6.07) is 16.6. The fourth-order valence-corrected chi connectivity index (χ4v) is 3.85. The highest BCUT2D eigenvalue weighted by molar-refractivity contribution is 8.26. The maximum atomic E-state index is 12.7. The molecule has 7 heteroatoms. The Bertz CT molecular complexity index is 984. The molecule has 2 aromatic rings. The van der Waals surface area contributed by atoms with Crippen LogP contribution in [0.25, 0.3) is 6.08 Å². The van der Waals surface area contributed by atoms with Gasteiger partial charge in [-0.15, -0.1) is 0 Å². The number of hydrogen-bond acceptors (Lipinski definition) is 5. The summed E-state index contributed by atoms with van der Waals surface area (Å²) < 4.78 is 5.46. The van der Waals surface area contributed by atoms with Crippen molar-refractivity contribution in [2.24, 2.45) is 0 Å². The summed E-state index contributed by atoms with van der Waals surface area (Å²) in [7, 11) is 1.48. The molecule has 0 unspecified atom stereocenters. The number of hydrazine groups is 1. The molecule has 0 radical (unpaired) electrons. The number of methoxy groups -OCH3 is 1. The average Bonchev–Trinajstić information content (AvgIpc) is 2.95. The fraction of sp³-hybridized carbons (Fsp3) is 0.0952. The molecule has 1 aliphatic rings. The van der Waals surface area contributed by atoms with E-state index in [0.717, 1.165) is 27.9 Å². The Labute approximate surface area is 173 Å². The smallest absolute Gasteiger partial charge is 0.285 e. The molecule has 0 aliphatic carbocycles. The summed E-state index contributed by atoms with van der Waals surface area (Å²) in [4.78, 5) is 25.7. The number of hydrogen-bond donors (Lipinski definition) is 1. The molecule has 1 fully saturated rings. The van der Waals surface area contributed by atoms with Crippen molar-refractivity contribution in [1.29, 1.82) is 0 Å². The molecule has 2 amide bonds. The van der Waals surface area contributed by atoms with Gasteiger partial charge in [-0.1, -0.05) is 60.3 Å². The van der Waals surface area contributed by atoms with E-state index in [9.17, 15) is 9.59 Å². The molecular formula is C21H18N2O3S2. The van der Waals surface area contributed by atoms with E-state index in [0.29, 0.717) is 16.2 Å². The van der Waals surface area contributed by atoms with Gasteiger partial charge in [0.05, 0.1) is 17.6 Å². The lowest BCUT2D eigenvalue weighted by atomic mass is 10.1. The van der Waals surface area contributed by atoms with Crippen LogP contribution in [0.15, 0.2) is 71.2 Å². The number of thioether (sulfide) groups is 1. The lowest BCUT2D eigenvalue weighted by Crippen LogP contribution is -2.44. The number of amides is 2. The van der Waals surface area contributed by atoms with Crippen LogP contribution in [0.1, 0.15) is 22.8 Å². The number of nitrogens with one attached hydrogen (secondary N) is 1. The quantitative estimate of drug-likeness (QED) is 0.592. The zero-order valence-electron chi connectivity index (χ0n) is 15.3. The predicted molar refractivity (Wildman–Crippen MR) is 116 cm³/mol. The Morgan fingerprint density at radius 2 is 1.82 bits per heavy atom. The number of rotatable bonds is 5. The van der Waals surface area contributed by atoms with Gasteiger partial charge < -0.3 is 4.74 Å². The van der Waals surface area contributed by atoms with Crippen molar-refractivity contribution in [3.05, 3.63) is 82.3 Å². The van der Waals surface area contributed by atoms with E-state index in [2.05, 4.69) is 5.43 Å². The van der Waals surface area contributed by atoms with Crippen molar-refractivity contribution in [2.45, 2.75) is 6.92 Å². The van der Waals surface area contributed by atoms with Gasteiger partial charge in [0, 0.05) is 0 Å². The molecule has 0 atom stereocenters. The SMILES string of the molecule is COc1ccccc1C(=O)NN1C(=O)/C(=C\C(C)=C\c2ccccc2)SC1=S. The van der Waals surface area contributed by atoms with Crippen LogP contribution >= 0.6 is 24.0 Å². The van der Waals surface area contributed by atoms with E-state index in [1.165, 1.54) is 7.11 Å². The van der Waals surface area contributed by atoms with Crippen LogP contribution in [-0.2, 0) is 4.79 Å². The van der Waals surface area contributed by atoms with E-state index in [1.807, 2.05) is 43.3 Å². The van der Waals surface area contributed by atoms with E-state index in [4.69, 9.17) is 17.0 Å². The van der Waals surface area contributed by atoms with Gasteiger partial charge in [0.2, 0.25) is 0 Å². The van der Waals surface area contributed by atoms with Gasteiger partial charge in [0.1, 0.15) is 5.75 Å². The van der Waals surface area contributed by atoms with Crippen molar-refractivity contribution >= 4 is 46.2 Å². The van der Waals surface area contributed by atoms with Crippen molar-refractivity contribution < 1.29 is 14.3 Å². The number of ether oxygens (including phenoxy) is 1. The Hall–Kier alpha value is -2.90. The Kier molecular flexibility index (Phi) is 6.28. The largest absolute Gasteiger partial charge is 0.496 e. The van der Waals surface area contributed by atoms with Crippen LogP contribution in [0.5, 0.6) is 5.75 Å². The van der Waals surface area contributed by atoms with E-state index in [1.54, 1.807) is 30.3 Å². The lowest BCUT2D eigenvalue weighted by molar-refractivity contribution is -0.123. The van der Waals surface area contributed by atoms with Crippen LogP contribution in [-0.4, -0.2) is 28.3 Å². The number of benzene rings is 2. The molecule has 0 aromatic heterocycles. The third-order valence-electron chi connectivity index (χ3n) is 3.91. The zero-order chi connectivity index (χ0) is 20.1. The van der Waals surface area contributed by atoms with Crippen LogP contribution in [0.3, 0.4) is 0 Å². The summed E-state index contributed by atoms with van der Waals surface area (Å²) >= 11 is 6.42. The number of para-hydroxylation sites is 1. The van der Waals surface area contributed by atoms with E-state index < -0.39 is 5.91 Å². The van der Waals surface area contributed by atoms with Crippen molar-refractivity contribution in [2.75, 3.05) is 7.11 Å². The Morgan fingerprint density at radius 1 is 1.14 bits per heavy atom. The second-order valence-corrected chi connectivity index (χ2v) is 7.63. The van der Waals surface area contributed by atoms with Gasteiger partial charge in [-0.3, -0.25) is 15.0 Å². The average molecular weight is 411 g/mol. The van der Waals surface area contributed by atoms with Gasteiger partial charge in [-0.05, 0) is 48.5 Å². The van der Waals surface area contributed by atoms with Gasteiger partial charge in [0.15, 0.2) is 4.32 Å². The van der Waals surface area contributed by atoms with Crippen molar-refractivity contribution in [3.8, 4) is 5.75 Å². The Morgan fingerprint density at radius 3 is 2.54 bits per heavy atom. The molecule has 5 nitrogen and oxygen atoms in total. The molecule has 1 N–H and O–H groups in total. The van der Waals surface area contributed by atoms with Crippen LogP contribution in [0, 0.1) is 0 Å². The maximum absolute atomic E-state index is 12.7. The van der Waals surface area contributed by atoms with Crippen LogP contribution < -0.4 is 10.2 Å². The molecule has 0 spiro atoms. The second kappa shape index (κ2) is 8.86. The summed E-state index contributed by atoms with van der Waals surface area (Å²) in [6.45, 7) is 1.91. The first-order valence-electron chi connectivity index (χ1n) is 8.45. The number of thiocarbonyl (C=S) groups is 1. The zero-order valence-corrected chi connectivity index (χ0v) is 17.0. The fourth-order valence-electron chi connectivity index (χ4n) is 2.62. The molecule has 3 rings (SSSR count). The number of carbonyl (C=O) groups is 2. The molecule has 28 heavy (non-hydrogen) atoms. The van der Waals surface area contributed by atoms with Crippen LogP contribution in [0.4, 0.5) is 0 Å². The summed E-state index contributed by atoms with van der Waals surface area (Å²) in [5.74, 6) is -0.409. The molecular weight excluding hydrogens is 392 g/mol. The number of nitrogens with zero attached hydrogens (tertiary/aromatic N) is 1. The third-order valence-corrected chi connectivity index (χ3v) is 5.21. The standard InChI is InChI=1S/C21H18N2O3S2/c1-14(12-15-8-4-3-5-9-15)13-18-20(25)23(21(27)28-18)22-19(24)16-10-6-7-11-17(16)26-2/h3-13H,1-2H3,(H,22,24)/b14-12+,18-13+. The minimum absolute atomic E-state index is 0.270. The number of carbonyl (C=O) groups excluding carboxylic acids is 2. The molecule has 142 valence electrons. The minimum Gasteiger partial charge on any atom is -0.496 e. The minimum atomic E-state index is -0.466. The normalized spacial score (nSPS) is 15.9. The predicted octanol–water partition coefficient (Wildman–Crippen LogP) is 4.19. The monoisotopic (exact) mass is 410 g/mol. The third kappa shape index (κ3) is 4.49. The molecule has 0 saturated carbocycles. The molecule has 1 aliphatic heterocycles. The first-order valence-corrected chi connectivity index (χ1v) is 9.67. The van der Waals surface area contributed by atoms with Crippen LogP contribution in [0.2, 0.25) is 0 Å². The second-order valence-electron chi connectivity index (χ2n) is 5.96. The van der Waals surface area contributed by atoms with E-state index >= 15 is 0 Å². The van der Waals surface area contributed by atoms with Crippen molar-refractivity contribution in [1.82, 2.24) is 10.4 Å². The van der Waals surface area contributed by atoms with Gasteiger partial charge in [-0.25, -0.2) is 0 Å². The van der Waals surface area contributed by atoms with Gasteiger partial charge in [-0.2, -0.15) is 5.01 Å². The Balaban J connectivity index is 1.76. The van der Waals surface area contributed by atoms with Gasteiger partial charge in [0.25, 0.3) is 11.8 Å². The van der Waals surface area contributed by atoms with Crippen molar-refractivity contribution in [3.63, 3.8) is 0 Å². The van der Waals surface area contributed by atoms with E-state index in [-0.39, 0.29) is 10.2 Å². The summed E-state index contributed by atoms with van der Waals surface area (Å²) in [6.07, 6.45) is 3.74. The first-order chi connectivity index (χ1) is 13.5. The topological polar surface area (TPSA) is 58.6 Å². The molecule has 2 aromatic carbocycles. The van der Waals surface area contributed by atoms with Gasteiger partial charge >= 0.3 is 0 Å². The summed E-state index contributed by atoms with van der Waals surface area (Å²) in [5, 5.41) is 1.09. The highest BCUT2D eigenvalue weighted by atomic mass is 32.2. The molecule has 1 saturated heterocycles. The number of allylic oxidation sites excluding steroid dienone is 2. The lowest BCUT2D eigenvalue weighted by Gasteiger charge is -2.16. The highest BCUT2D eigenvalue weighted by Crippen LogP contribution is 2.31. The maximum Gasteiger partial charge on any atom is 0.285 e. The first kappa shape index (κ1) is 19.9. The molecule has 1 heterocycles. The molecule has 0 bridgehead atoms. The highest BCUT2D eigenvalue weighted by Gasteiger charge is 2.34.